The maximum atomic E-state index is 13.6. The number of thiazole rings is 1. The number of carbonyl (C=O) groups excluding carboxylic acids is 1. The first-order valence-electron chi connectivity index (χ1n) is 8.16. The number of nitrogens with one attached hydrogen (secondary N) is 1. The van der Waals surface area contributed by atoms with Crippen molar-refractivity contribution in [2.75, 3.05) is 5.32 Å². The lowest BCUT2D eigenvalue weighted by atomic mass is 10.1. The molecule has 1 N–H and O–H groups in total. The van der Waals surface area contributed by atoms with Gasteiger partial charge in [-0.25, -0.2) is 13.8 Å². The van der Waals surface area contributed by atoms with Gasteiger partial charge in [0.1, 0.15) is 17.2 Å². The van der Waals surface area contributed by atoms with Crippen molar-refractivity contribution in [2.24, 2.45) is 0 Å². The van der Waals surface area contributed by atoms with E-state index in [1.165, 1.54) is 36.5 Å². The van der Waals surface area contributed by atoms with Crippen molar-refractivity contribution in [1.82, 2.24) is 9.55 Å². The molecule has 27 heavy (non-hydrogen) atoms. The Morgan fingerprint density at radius 1 is 1.19 bits per heavy atom. The van der Waals surface area contributed by atoms with Gasteiger partial charge < -0.3 is 4.57 Å². The average molecular weight is 385 g/mol. The van der Waals surface area contributed by atoms with Gasteiger partial charge in [-0.05, 0) is 43.3 Å². The first-order valence-corrected chi connectivity index (χ1v) is 8.98. The monoisotopic (exact) mass is 385 g/mol. The van der Waals surface area contributed by atoms with E-state index in [0.29, 0.717) is 22.3 Å². The molecule has 4 rings (SSSR count). The second-order valence-electron chi connectivity index (χ2n) is 5.90. The Hall–Kier alpha value is -3.13. The minimum Gasteiger partial charge on any atom is -0.347 e. The zero-order chi connectivity index (χ0) is 19.1. The number of halogens is 2. The number of hydrogen-bond donors (Lipinski definition) is 1. The lowest BCUT2D eigenvalue weighted by Crippen LogP contribution is -2.23. The lowest BCUT2D eigenvalue weighted by Gasteiger charge is -2.11. The number of aryl methyl sites for hydroxylation is 1. The summed E-state index contributed by atoms with van der Waals surface area (Å²) in [5.41, 5.74) is 0.429. The third-order valence-corrected chi connectivity index (χ3v) is 5.13. The molecule has 2 heterocycles. The first-order chi connectivity index (χ1) is 13.0. The molecule has 4 aromatic rings. The predicted octanol–water partition coefficient (Wildman–Crippen LogP) is 4.16. The molecule has 0 aliphatic heterocycles. The largest absolute Gasteiger partial charge is 0.347 e. The molecular formula is C19H13F2N3O2S. The average Bonchev–Trinajstić information content (AvgIpc) is 3.03. The molecule has 0 aliphatic carbocycles. The minimum absolute atomic E-state index is 0.111. The number of hydrogen-bond acceptors (Lipinski definition) is 4. The maximum Gasteiger partial charge on any atom is 0.262 e. The van der Waals surface area contributed by atoms with E-state index < -0.39 is 23.0 Å². The molecule has 1 amide bonds. The molecule has 0 aliphatic rings. The molecule has 0 radical (unpaired) electrons. The minimum atomic E-state index is -0.645. The molecule has 0 unspecified atom stereocenters. The number of anilines is 1. The highest BCUT2D eigenvalue weighted by Crippen LogP contribution is 2.26. The topological polar surface area (TPSA) is 64.0 Å². The van der Waals surface area contributed by atoms with Crippen molar-refractivity contribution >= 4 is 43.5 Å². The molecule has 0 atom stereocenters. The van der Waals surface area contributed by atoms with Crippen LogP contribution in [0.5, 0.6) is 0 Å². The van der Waals surface area contributed by atoms with Crippen molar-refractivity contribution in [2.45, 2.75) is 13.5 Å². The molecule has 0 spiro atoms. The molecule has 0 saturated carbocycles. The highest BCUT2D eigenvalue weighted by atomic mass is 32.1. The molecule has 0 bridgehead atoms. The quantitative estimate of drug-likeness (QED) is 0.576. The second-order valence-corrected chi connectivity index (χ2v) is 6.94. The number of carbonyl (C=O) groups is 1. The van der Waals surface area contributed by atoms with Gasteiger partial charge in [-0.3, -0.25) is 14.9 Å². The van der Waals surface area contributed by atoms with E-state index >= 15 is 0 Å². The smallest absolute Gasteiger partial charge is 0.262 e. The Kier molecular flexibility index (Phi) is 4.19. The fourth-order valence-electron chi connectivity index (χ4n) is 2.91. The highest BCUT2D eigenvalue weighted by molar-refractivity contribution is 7.22. The number of fused-ring (bicyclic) bond motifs is 2. The summed E-state index contributed by atoms with van der Waals surface area (Å²) >= 11 is 1.10. The fourth-order valence-corrected chi connectivity index (χ4v) is 3.80. The summed E-state index contributed by atoms with van der Waals surface area (Å²) < 4.78 is 29.2. The molecule has 8 heteroatoms. The van der Waals surface area contributed by atoms with Gasteiger partial charge in [0.15, 0.2) is 5.13 Å². The molecule has 2 aromatic carbocycles. The van der Waals surface area contributed by atoms with Crippen LogP contribution < -0.4 is 10.7 Å². The Bertz CT molecular complexity index is 1260. The number of rotatable bonds is 3. The summed E-state index contributed by atoms with van der Waals surface area (Å²) in [5, 5.41) is 2.96. The van der Waals surface area contributed by atoms with Gasteiger partial charge in [0.05, 0.1) is 15.7 Å². The summed E-state index contributed by atoms with van der Waals surface area (Å²) in [4.78, 5) is 29.6. The van der Waals surface area contributed by atoms with Gasteiger partial charge in [0, 0.05) is 18.1 Å². The maximum absolute atomic E-state index is 13.6. The van der Waals surface area contributed by atoms with E-state index in [1.807, 2.05) is 6.92 Å². The summed E-state index contributed by atoms with van der Waals surface area (Å²) in [5.74, 6) is -1.59. The van der Waals surface area contributed by atoms with Crippen LogP contribution in [-0.4, -0.2) is 15.5 Å². The molecule has 5 nitrogen and oxygen atoms in total. The van der Waals surface area contributed by atoms with Gasteiger partial charge in [0.25, 0.3) is 5.91 Å². The molecule has 136 valence electrons. The van der Waals surface area contributed by atoms with E-state index in [-0.39, 0.29) is 16.1 Å². The normalized spacial score (nSPS) is 11.2. The molecule has 0 fully saturated rings. The van der Waals surface area contributed by atoms with Crippen molar-refractivity contribution in [3.63, 3.8) is 0 Å². The lowest BCUT2D eigenvalue weighted by molar-refractivity contribution is 0.102. The van der Waals surface area contributed by atoms with E-state index in [9.17, 15) is 18.4 Å². The van der Waals surface area contributed by atoms with Crippen LogP contribution in [0.15, 0.2) is 47.4 Å². The molecule has 2 aromatic heterocycles. The molecule has 0 saturated heterocycles. The Morgan fingerprint density at radius 2 is 1.93 bits per heavy atom. The van der Waals surface area contributed by atoms with Crippen LogP contribution in [0.3, 0.4) is 0 Å². The zero-order valence-electron chi connectivity index (χ0n) is 14.1. The summed E-state index contributed by atoms with van der Waals surface area (Å²) in [6.07, 6.45) is 1.45. The Balaban J connectivity index is 1.77. The summed E-state index contributed by atoms with van der Waals surface area (Å²) in [6, 6.07) is 8.03. The van der Waals surface area contributed by atoms with Crippen LogP contribution in [0.2, 0.25) is 0 Å². The zero-order valence-corrected chi connectivity index (χ0v) is 14.9. The van der Waals surface area contributed by atoms with Crippen LogP contribution in [0, 0.1) is 11.6 Å². The van der Waals surface area contributed by atoms with Gasteiger partial charge in [-0.1, -0.05) is 11.3 Å². The van der Waals surface area contributed by atoms with Gasteiger partial charge in [0.2, 0.25) is 5.43 Å². The number of nitrogens with zero attached hydrogens (tertiary/aromatic N) is 2. The van der Waals surface area contributed by atoms with Crippen LogP contribution in [0.4, 0.5) is 13.9 Å². The second kappa shape index (κ2) is 6.55. The predicted molar refractivity (Wildman–Crippen MR) is 101 cm³/mol. The number of pyridine rings is 1. The third kappa shape index (κ3) is 3.08. The van der Waals surface area contributed by atoms with Crippen LogP contribution >= 0.6 is 11.3 Å². The summed E-state index contributed by atoms with van der Waals surface area (Å²) in [6.45, 7) is 2.36. The van der Waals surface area contributed by atoms with Crippen LogP contribution in [0.1, 0.15) is 17.3 Å². The molecular weight excluding hydrogens is 372 g/mol. The van der Waals surface area contributed by atoms with E-state index in [1.54, 1.807) is 4.57 Å². The van der Waals surface area contributed by atoms with E-state index in [2.05, 4.69) is 10.3 Å². The number of benzene rings is 2. The van der Waals surface area contributed by atoms with Crippen LogP contribution in [-0.2, 0) is 6.54 Å². The number of aromatic nitrogens is 2. The third-order valence-electron chi connectivity index (χ3n) is 4.20. The first kappa shape index (κ1) is 17.3. The van der Waals surface area contributed by atoms with Crippen molar-refractivity contribution < 1.29 is 13.6 Å². The van der Waals surface area contributed by atoms with Gasteiger partial charge in [-0.2, -0.15) is 0 Å². The standard InChI is InChI=1S/C19H13F2N3O2S/c1-2-24-9-13(17(25)12-7-10(20)4-6-15(12)24)18(26)23-19-22-14-5-3-11(21)8-16(14)27-19/h3-9H,2H2,1H3,(H,22,23,26). The fraction of sp³-hybridized carbons (Fsp3) is 0.105. The van der Waals surface area contributed by atoms with E-state index in [0.717, 1.165) is 17.4 Å². The highest BCUT2D eigenvalue weighted by Gasteiger charge is 2.17. The number of amides is 1. The van der Waals surface area contributed by atoms with E-state index in [4.69, 9.17) is 0 Å². The van der Waals surface area contributed by atoms with Gasteiger partial charge in [-0.15, -0.1) is 0 Å². The van der Waals surface area contributed by atoms with Crippen LogP contribution in [0.25, 0.3) is 21.1 Å². The van der Waals surface area contributed by atoms with Crippen molar-refractivity contribution in [3.8, 4) is 0 Å². The van der Waals surface area contributed by atoms with Gasteiger partial charge >= 0.3 is 0 Å². The summed E-state index contributed by atoms with van der Waals surface area (Å²) in [7, 11) is 0. The SMILES string of the molecule is CCn1cc(C(=O)Nc2nc3ccc(F)cc3s2)c(=O)c2cc(F)ccc21. The van der Waals surface area contributed by atoms with Crippen molar-refractivity contribution in [1.29, 1.82) is 0 Å². The Morgan fingerprint density at radius 3 is 2.70 bits per heavy atom. The Labute approximate surface area is 155 Å². The van der Waals surface area contributed by atoms with Crippen molar-refractivity contribution in [3.05, 3.63) is 70.0 Å².